The molecule has 0 bridgehead atoms. The first-order valence-corrected chi connectivity index (χ1v) is 8.53. The van der Waals surface area contributed by atoms with Gasteiger partial charge in [-0.3, -0.25) is 4.79 Å². The average molecular weight is 349 g/mol. The number of nitrogens with zero attached hydrogens (tertiary/aromatic N) is 2. The fourth-order valence-corrected chi connectivity index (χ4v) is 3.09. The molecule has 0 aliphatic heterocycles. The van der Waals surface area contributed by atoms with Gasteiger partial charge in [-0.05, 0) is 58.9 Å². The Labute approximate surface area is 153 Å². The first-order chi connectivity index (χ1) is 12.4. The molecule has 0 saturated carbocycles. The van der Waals surface area contributed by atoms with Crippen molar-refractivity contribution < 1.29 is 9.21 Å². The minimum Gasteiger partial charge on any atom is -0.466 e. The van der Waals surface area contributed by atoms with Crippen molar-refractivity contribution >= 4 is 12.1 Å². The van der Waals surface area contributed by atoms with Gasteiger partial charge in [0.2, 0.25) is 0 Å². The molecule has 3 aromatic rings. The minimum atomic E-state index is -0.275. The zero-order chi connectivity index (χ0) is 18.8. The second-order valence-electron chi connectivity index (χ2n) is 6.52. The van der Waals surface area contributed by atoms with Gasteiger partial charge in [0.25, 0.3) is 5.91 Å². The number of nitrogens with one attached hydrogen (secondary N) is 1. The van der Waals surface area contributed by atoms with Gasteiger partial charge >= 0.3 is 0 Å². The number of amides is 1. The summed E-state index contributed by atoms with van der Waals surface area (Å²) in [5.74, 6) is 1.02. The fraction of sp³-hybridized carbons (Fsp3) is 0.238. The van der Waals surface area contributed by atoms with E-state index in [1.165, 1.54) is 5.56 Å². The van der Waals surface area contributed by atoms with Crippen LogP contribution >= 0.6 is 0 Å². The van der Waals surface area contributed by atoms with Gasteiger partial charge in [-0.2, -0.15) is 5.10 Å². The lowest BCUT2D eigenvalue weighted by Gasteiger charge is -2.09. The molecule has 134 valence electrons. The summed E-state index contributed by atoms with van der Waals surface area (Å²) in [5.41, 5.74) is 8.55. The van der Waals surface area contributed by atoms with Crippen LogP contribution in [0.15, 0.2) is 45.9 Å². The van der Waals surface area contributed by atoms with E-state index >= 15 is 0 Å². The number of carbonyl (C=O) groups excluding carboxylic acids is 1. The number of hydrogen-bond acceptors (Lipinski definition) is 3. The van der Waals surface area contributed by atoms with E-state index in [0.29, 0.717) is 17.1 Å². The van der Waals surface area contributed by atoms with E-state index in [1.54, 1.807) is 19.2 Å². The summed E-state index contributed by atoms with van der Waals surface area (Å²) in [7, 11) is 0. The highest BCUT2D eigenvalue weighted by Gasteiger charge is 2.13. The number of aryl methyl sites for hydroxylation is 4. The molecule has 0 spiro atoms. The first-order valence-electron chi connectivity index (χ1n) is 8.53. The maximum Gasteiger partial charge on any atom is 0.274 e. The van der Waals surface area contributed by atoms with E-state index in [0.717, 1.165) is 22.6 Å². The standard InChI is InChI=1S/C21H23N3O2/c1-13-6-8-19(9-7-13)24-14(2)10-18(16(24)4)12-22-23-21(25)20-11-15(3)26-17(20)5/h6-12H,1-5H3,(H,23,25)/b22-12+. The van der Waals surface area contributed by atoms with Crippen molar-refractivity contribution in [2.24, 2.45) is 5.10 Å². The second-order valence-corrected chi connectivity index (χ2v) is 6.52. The van der Waals surface area contributed by atoms with Crippen molar-refractivity contribution in [3.8, 4) is 5.69 Å². The molecule has 3 rings (SSSR count). The van der Waals surface area contributed by atoms with Crippen LogP contribution in [0.2, 0.25) is 0 Å². The monoisotopic (exact) mass is 349 g/mol. The van der Waals surface area contributed by atoms with Crippen molar-refractivity contribution in [2.45, 2.75) is 34.6 Å². The van der Waals surface area contributed by atoms with Gasteiger partial charge in [0.05, 0.1) is 11.8 Å². The van der Waals surface area contributed by atoms with Gasteiger partial charge in [0, 0.05) is 22.6 Å². The molecule has 26 heavy (non-hydrogen) atoms. The van der Waals surface area contributed by atoms with Gasteiger partial charge in [0.15, 0.2) is 0 Å². The Bertz CT molecular complexity index is 976. The van der Waals surface area contributed by atoms with Gasteiger partial charge in [-0.1, -0.05) is 17.7 Å². The summed E-state index contributed by atoms with van der Waals surface area (Å²) < 4.78 is 7.55. The second kappa shape index (κ2) is 7.04. The predicted molar refractivity (Wildman–Crippen MR) is 103 cm³/mol. The molecule has 5 heteroatoms. The quantitative estimate of drug-likeness (QED) is 0.561. The van der Waals surface area contributed by atoms with Crippen LogP contribution in [0.3, 0.4) is 0 Å². The van der Waals surface area contributed by atoms with Gasteiger partial charge < -0.3 is 8.98 Å². The van der Waals surface area contributed by atoms with E-state index in [9.17, 15) is 4.79 Å². The maximum absolute atomic E-state index is 12.2. The number of furan rings is 1. The van der Waals surface area contributed by atoms with E-state index in [1.807, 2.05) is 13.8 Å². The SMILES string of the molecule is Cc1ccc(-n2c(C)cc(/C=N/NC(=O)c3cc(C)oc3C)c2C)cc1. The average Bonchev–Trinajstić information content (AvgIpc) is 3.07. The predicted octanol–water partition coefficient (Wildman–Crippen LogP) is 4.38. The Balaban J connectivity index is 1.79. The molecule has 0 atom stereocenters. The third-order valence-electron chi connectivity index (χ3n) is 4.42. The molecule has 0 aliphatic rings. The molecule has 0 radical (unpaired) electrons. The zero-order valence-corrected chi connectivity index (χ0v) is 15.8. The van der Waals surface area contributed by atoms with Crippen LogP contribution < -0.4 is 5.43 Å². The van der Waals surface area contributed by atoms with E-state index in [-0.39, 0.29) is 5.91 Å². The highest BCUT2D eigenvalue weighted by Crippen LogP contribution is 2.20. The molecule has 1 amide bonds. The number of rotatable bonds is 4. The molecular formula is C21H23N3O2. The molecule has 0 fully saturated rings. The third-order valence-corrected chi connectivity index (χ3v) is 4.42. The Morgan fingerprint density at radius 1 is 1.08 bits per heavy atom. The van der Waals surface area contributed by atoms with Crippen molar-refractivity contribution in [3.05, 3.63) is 76.0 Å². The molecule has 0 unspecified atom stereocenters. The number of aromatic nitrogens is 1. The van der Waals surface area contributed by atoms with Crippen LogP contribution in [0.1, 0.15) is 44.4 Å². The number of benzene rings is 1. The van der Waals surface area contributed by atoms with Crippen LogP contribution in [0.5, 0.6) is 0 Å². The summed E-state index contributed by atoms with van der Waals surface area (Å²) >= 11 is 0. The van der Waals surface area contributed by atoms with Crippen LogP contribution in [0.4, 0.5) is 0 Å². The van der Waals surface area contributed by atoms with Crippen LogP contribution in [-0.2, 0) is 0 Å². The van der Waals surface area contributed by atoms with Crippen molar-refractivity contribution in [3.63, 3.8) is 0 Å². The van der Waals surface area contributed by atoms with Crippen molar-refractivity contribution in [1.29, 1.82) is 0 Å². The highest BCUT2D eigenvalue weighted by atomic mass is 16.3. The van der Waals surface area contributed by atoms with Crippen LogP contribution in [0, 0.1) is 34.6 Å². The van der Waals surface area contributed by atoms with Gasteiger partial charge in [0.1, 0.15) is 11.5 Å². The molecule has 2 aromatic heterocycles. The molecule has 5 nitrogen and oxygen atoms in total. The van der Waals surface area contributed by atoms with Crippen LogP contribution in [0.25, 0.3) is 5.69 Å². The summed E-state index contributed by atoms with van der Waals surface area (Å²) in [4.78, 5) is 12.2. The number of hydrogen-bond donors (Lipinski definition) is 1. The summed E-state index contributed by atoms with van der Waals surface area (Å²) in [6, 6.07) is 12.2. The maximum atomic E-state index is 12.2. The summed E-state index contributed by atoms with van der Waals surface area (Å²) in [6.07, 6.45) is 1.67. The molecule has 1 N–H and O–H groups in total. The normalized spacial score (nSPS) is 11.3. The van der Waals surface area contributed by atoms with E-state index in [4.69, 9.17) is 4.42 Å². The largest absolute Gasteiger partial charge is 0.466 e. The van der Waals surface area contributed by atoms with E-state index in [2.05, 4.69) is 59.3 Å². The molecule has 0 aliphatic carbocycles. The molecule has 0 saturated heterocycles. The summed E-state index contributed by atoms with van der Waals surface area (Å²) in [5, 5.41) is 4.11. The molecule has 2 heterocycles. The topological polar surface area (TPSA) is 59.5 Å². The fourth-order valence-electron chi connectivity index (χ4n) is 3.09. The summed E-state index contributed by atoms with van der Waals surface area (Å²) in [6.45, 7) is 9.75. The lowest BCUT2D eigenvalue weighted by Crippen LogP contribution is -2.17. The zero-order valence-electron chi connectivity index (χ0n) is 15.8. The smallest absolute Gasteiger partial charge is 0.274 e. The highest BCUT2D eigenvalue weighted by molar-refractivity contribution is 5.96. The Kier molecular flexibility index (Phi) is 4.80. The van der Waals surface area contributed by atoms with Gasteiger partial charge in [-0.25, -0.2) is 5.43 Å². The van der Waals surface area contributed by atoms with Gasteiger partial charge in [-0.15, -0.1) is 0 Å². The third kappa shape index (κ3) is 3.47. The van der Waals surface area contributed by atoms with E-state index < -0.39 is 0 Å². The molecule has 1 aromatic carbocycles. The Morgan fingerprint density at radius 3 is 2.38 bits per heavy atom. The number of hydrazone groups is 1. The Hall–Kier alpha value is -3.08. The number of carbonyl (C=O) groups is 1. The minimum absolute atomic E-state index is 0.275. The first kappa shape index (κ1) is 17.7. The lowest BCUT2D eigenvalue weighted by molar-refractivity contribution is 0.0953. The molecular weight excluding hydrogens is 326 g/mol. The van der Waals surface area contributed by atoms with Crippen molar-refractivity contribution in [2.75, 3.05) is 0 Å². The van der Waals surface area contributed by atoms with Crippen molar-refractivity contribution in [1.82, 2.24) is 9.99 Å². The Morgan fingerprint density at radius 2 is 1.77 bits per heavy atom. The van der Waals surface area contributed by atoms with Crippen LogP contribution in [-0.4, -0.2) is 16.7 Å². The lowest BCUT2D eigenvalue weighted by atomic mass is 10.2.